The second-order valence-corrected chi connectivity index (χ2v) is 6.28. The highest BCUT2D eigenvalue weighted by molar-refractivity contribution is 5.74. The van der Waals surface area contributed by atoms with Gasteiger partial charge in [-0.3, -0.25) is 9.48 Å². The van der Waals surface area contributed by atoms with Gasteiger partial charge < -0.3 is 15.6 Å². The molecule has 2 heterocycles. The Labute approximate surface area is 141 Å². The van der Waals surface area contributed by atoms with E-state index in [0.29, 0.717) is 12.1 Å². The largest absolute Gasteiger partial charge is 0.334 e. The van der Waals surface area contributed by atoms with Gasteiger partial charge in [0.2, 0.25) is 0 Å². The molecule has 130 valence electrons. The van der Waals surface area contributed by atoms with E-state index in [4.69, 9.17) is 0 Å². The molecule has 2 rings (SSSR count). The molecule has 2 aromatic heterocycles. The molecule has 1 atom stereocenters. The topological polar surface area (TPSA) is 91.8 Å². The number of hydrogen-bond donors (Lipinski definition) is 3. The molecule has 3 N–H and O–H groups in total. The second-order valence-electron chi connectivity index (χ2n) is 6.28. The summed E-state index contributed by atoms with van der Waals surface area (Å²) in [5.41, 5.74) is 4.10. The molecule has 0 aliphatic rings. The van der Waals surface area contributed by atoms with Crippen molar-refractivity contribution in [3.63, 3.8) is 0 Å². The summed E-state index contributed by atoms with van der Waals surface area (Å²) in [6, 6.07) is 3.50. The van der Waals surface area contributed by atoms with Crippen LogP contribution < -0.4 is 16.2 Å². The lowest BCUT2D eigenvalue weighted by Gasteiger charge is -2.16. The van der Waals surface area contributed by atoms with Crippen LogP contribution in [0, 0.1) is 27.7 Å². The van der Waals surface area contributed by atoms with Gasteiger partial charge in [-0.2, -0.15) is 5.10 Å². The van der Waals surface area contributed by atoms with E-state index in [2.05, 4.69) is 20.7 Å². The first-order valence-corrected chi connectivity index (χ1v) is 8.01. The lowest BCUT2D eigenvalue weighted by Crippen LogP contribution is -2.43. The van der Waals surface area contributed by atoms with Crippen LogP contribution in [0.15, 0.2) is 16.9 Å². The Balaban J connectivity index is 1.89. The minimum absolute atomic E-state index is 0.0830. The van der Waals surface area contributed by atoms with Crippen molar-refractivity contribution < 1.29 is 4.79 Å². The second kappa shape index (κ2) is 7.33. The van der Waals surface area contributed by atoms with Crippen LogP contribution in [0.3, 0.4) is 0 Å². The van der Waals surface area contributed by atoms with E-state index in [1.165, 1.54) is 0 Å². The van der Waals surface area contributed by atoms with Crippen LogP contribution in [0.25, 0.3) is 0 Å². The molecule has 0 spiro atoms. The van der Waals surface area contributed by atoms with E-state index >= 15 is 0 Å². The van der Waals surface area contributed by atoms with Crippen molar-refractivity contribution in [1.82, 2.24) is 25.4 Å². The van der Waals surface area contributed by atoms with Gasteiger partial charge in [0.05, 0.1) is 18.8 Å². The number of rotatable bonds is 5. The van der Waals surface area contributed by atoms with Gasteiger partial charge >= 0.3 is 6.03 Å². The number of carbonyl (C=O) groups is 1. The Bertz CT molecular complexity index is 791. The number of carbonyl (C=O) groups excluding carboxylic acids is 1. The van der Waals surface area contributed by atoms with Crippen molar-refractivity contribution in [2.45, 2.75) is 53.8 Å². The molecule has 0 bridgehead atoms. The van der Waals surface area contributed by atoms with Crippen LogP contribution >= 0.6 is 0 Å². The SMILES string of the molecule is Cc1cc(C)n(C[C@H](C)NC(=O)NCc2c(C)cc(C)[nH]c2=O)n1. The van der Waals surface area contributed by atoms with E-state index in [1.807, 2.05) is 51.4 Å². The molecule has 7 heteroatoms. The summed E-state index contributed by atoms with van der Waals surface area (Å²) in [6.45, 7) is 10.3. The lowest BCUT2D eigenvalue weighted by molar-refractivity contribution is 0.235. The molecule has 2 aromatic rings. The number of hydrogen-bond acceptors (Lipinski definition) is 3. The maximum Gasteiger partial charge on any atom is 0.315 e. The monoisotopic (exact) mass is 331 g/mol. The predicted molar refractivity (Wildman–Crippen MR) is 93.1 cm³/mol. The van der Waals surface area contributed by atoms with E-state index < -0.39 is 0 Å². The Morgan fingerprint density at radius 1 is 1.29 bits per heavy atom. The fraction of sp³-hybridized carbons (Fsp3) is 0.471. The van der Waals surface area contributed by atoms with Gasteiger partial charge in [0.15, 0.2) is 0 Å². The van der Waals surface area contributed by atoms with Gasteiger partial charge in [-0.05, 0) is 52.3 Å². The summed E-state index contributed by atoms with van der Waals surface area (Å²) in [7, 11) is 0. The molecule has 0 unspecified atom stereocenters. The van der Waals surface area contributed by atoms with Crippen molar-refractivity contribution in [3.8, 4) is 0 Å². The van der Waals surface area contributed by atoms with Gasteiger partial charge in [-0.15, -0.1) is 0 Å². The first kappa shape index (κ1) is 17.8. The summed E-state index contributed by atoms with van der Waals surface area (Å²) in [5, 5.41) is 9.98. The zero-order valence-corrected chi connectivity index (χ0v) is 14.9. The van der Waals surface area contributed by atoms with Gasteiger partial charge in [0.1, 0.15) is 0 Å². The normalized spacial score (nSPS) is 12.0. The molecule has 0 aliphatic heterocycles. The predicted octanol–water partition coefficient (Wildman–Crippen LogP) is 1.69. The number of nitrogens with zero attached hydrogens (tertiary/aromatic N) is 2. The molecular weight excluding hydrogens is 306 g/mol. The Kier molecular flexibility index (Phi) is 5.43. The zero-order chi connectivity index (χ0) is 17.9. The summed E-state index contributed by atoms with van der Waals surface area (Å²) < 4.78 is 1.87. The zero-order valence-electron chi connectivity index (χ0n) is 14.9. The van der Waals surface area contributed by atoms with E-state index in [1.54, 1.807) is 0 Å². The fourth-order valence-corrected chi connectivity index (χ4v) is 2.71. The third-order valence-corrected chi connectivity index (χ3v) is 3.85. The van der Waals surface area contributed by atoms with Gasteiger partial charge in [-0.1, -0.05) is 0 Å². The number of aromatic nitrogens is 3. The molecule has 0 saturated heterocycles. The number of urea groups is 1. The van der Waals surface area contributed by atoms with Crippen LogP contribution in [0.2, 0.25) is 0 Å². The summed E-state index contributed by atoms with van der Waals surface area (Å²) in [5.74, 6) is 0. The highest BCUT2D eigenvalue weighted by Crippen LogP contribution is 2.04. The van der Waals surface area contributed by atoms with E-state index in [0.717, 1.165) is 22.6 Å². The van der Waals surface area contributed by atoms with Gasteiger partial charge in [-0.25, -0.2) is 4.79 Å². The quantitative estimate of drug-likeness (QED) is 0.778. The molecular formula is C17H25N5O2. The van der Waals surface area contributed by atoms with Crippen LogP contribution in [0.1, 0.15) is 35.1 Å². The highest BCUT2D eigenvalue weighted by Gasteiger charge is 2.11. The third kappa shape index (κ3) is 4.47. The smallest absolute Gasteiger partial charge is 0.315 e. The maximum atomic E-state index is 12.0. The Hall–Kier alpha value is -2.57. The first-order valence-electron chi connectivity index (χ1n) is 8.01. The number of amides is 2. The van der Waals surface area contributed by atoms with Crippen LogP contribution in [-0.2, 0) is 13.1 Å². The molecule has 0 saturated carbocycles. The molecule has 2 amide bonds. The molecule has 0 fully saturated rings. The number of nitrogens with one attached hydrogen (secondary N) is 3. The fourth-order valence-electron chi connectivity index (χ4n) is 2.71. The summed E-state index contributed by atoms with van der Waals surface area (Å²) in [4.78, 5) is 26.7. The van der Waals surface area contributed by atoms with E-state index in [-0.39, 0.29) is 24.2 Å². The summed E-state index contributed by atoms with van der Waals surface area (Å²) >= 11 is 0. The van der Waals surface area contributed by atoms with Crippen LogP contribution in [0.5, 0.6) is 0 Å². The standard InChI is InChI=1S/C17H25N5O2/c1-10-6-11(2)19-16(23)15(10)8-18-17(24)20-13(4)9-22-14(5)7-12(3)21-22/h6-7,13H,8-9H2,1-5H3,(H,19,23)(H2,18,20,24)/t13-/m0/s1. The van der Waals surface area contributed by atoms with Crippen LogP contribution in [-0.4, -0.2) is 26.8 Å². The van der Waals surface area contributed by atoms with Gasteiger partial charge in [0, 0.05) is 23.0 Å². The number of pyridine rings is 1. The maximum absolute atomic E-state index is 12.0. The van der Waals surface area contributed by atoms with Crippen molar-refractivity contribution in [2.75, 3.05) is 0 Å². The molecule has 0 radical (unpaired) electrons. The Morgan fingerprint density at radius 2 is 2.00 bits per heavy atom. The highest BCUT2D eigenvalue weighted by atomic mass is 16.2. The van der Waals surface area contributed by atoms with Crippen molar-refractivity contribution >= 4 is 6.03 Å². The minimum atomic E-state index is -0.302. The molecule has 0 aromatic carbocycles. The average molecular weight is 331 g/mol. The average Bonchev–Trinajstić information content (AvgIpc) is 2.75. The minimum Gasteiger partial charge on any atom is -0.334 e. The number of aryl methyl sites for hydroxylation is 4. The van der Waals surface area contributed by atoms with Crippen molar-refractivity contribution in [2.24, 2.45) is 0 Å². The summed E-state index contributed by atoms with van der Waals surface area (Å²) in [6.07, 6.45) is 0. The number of aromatic amines is 1. The molecule has 7 nitrogen and oxygen atoms in total. The van der Waals surface area contributed by atoms with Crippen molar-refractivity contribution in [3.05, 3.63) is 50.7 Å². The number of H-pyrrole nitrogens is 1. The Morgan fingerprint density at radius 3 is 2.58 bits per heavy atom. The molecule has 24 heavy (non-hydrogen) atoms. The first-order chi connectivity index (χ1) is 11.3. The van der Waals surface area contributed by atoms with Crippen LogP contribution in [0.4, 0.5) is 4.79 Å². The molecule has 0 aliphatic carbocycles. The van der Waals surface area contributed by atoms with Crippen molar-refractivity contribution in [1.29, 1.82) is 0 Å². The van der Waals surface area contributed by atoms with E-state index in [9.17, 15) is 9.59 Å². The lowest BCUT2D eigenvalue weighted by atomic mass is 10.1. The van der Waals surface area contributed by atoms with Gasteiger partial charge in [0.25, 0.3) is 5.56 Å². The third-order valence-electron chi connectivity index (χ3n) is 3.85.